The third-order valence-electron chi connectivity index (χ3n) is 4.13. The molecule has 2 aromatic heterocycles. The van der Waals surface area contributed by atoms with Gasteiger partial charge in [0.05, 0.1) is 22.6 Å². The molecular formula is C21H13N2O3S-. The number of carboxylic acid groups (broad SMARTS) is 1. The highest BCUT2D eigenvalue weighted by atomic mass is 32.1. The summed E-state index contributed by atoms with van der Waals surface area (Å²) in [5.41, 5.74) is 1.99. The number of hydrogen-bond acceptors (Lipinski definition) is 5. The molecule has 0 radical (unpaired) electrons. The van der Waals surface area contributed by atoms with Gasteiger partial charge in [0.25, 0.3) is 5.56 Å². The minimum atomic E-state index is -1.26. The third kappa shape index (κ3) is 3.30. The quantitative estimate of drug-likeness (QED) is 0.551. The van der Waals surface area contributed by atoms with Crippen LogP contribution in [0.25, 0.3) is 28.7 Å². The Labute approximate surface area is 158 Å². The number of carbonyl (C=O) groups excluding carboxylic acids is 1. The van der Waals surface area contributed by atoms with E-state index in [0.717, 1.165) is 5.56 Å². The summed E-state index contributed by atoms with van der Waals surface area (Å²) in [6.45, 7) is 0. The third-order valence-corrected chi connectivity index (χ3v) is 4.83. The van der Waals surface area contributed by atoms with E-state index in [9.17, 15) is 14.7 Å². The summed E-state index contributed by atoms with van der Waals surface area (Å²) >= 11 is 1.58. The normalized spacial score (nSPS) is 11.3. The van der Waals surface area contributed by atoms with Crippen molar-refractivity contribution in [3.8, 4) is 5.69 Å². The largest absolute Gasteiger partial charge is 0.545 e. The van der Waals surface area contributed by atoms with Gasteiger partial charge >= 0.3 is 0 Å². The van der Waals surface area contributed by atoms with Gasteiger partial charge in [-0.3, -0.25) is 9.36 Å². The maximum absolute atomic E-state index is 13.1. The van der Waals surface area contributed by atoms with Crippen LogP contribution in [0.1, 0.15) is 21.7 Å². The zero-order valence-corrected chi connectivity index (χ0v) is 14.8. The van der Waals surface area contributed by atoms with Crippen molar-refractivity contribution in [2.24, 2.45) is 0 Å². The van der Waals surface area contributed by atoms with Gasteiger partial charge in [-0.05, 0) is 58.3 Å². The lowest BCUT2D eigenvalue weighted by Crippen LogP contribution is -2.24. The molecule has 0 saturated carbocycles. The van der Waals surface area contributed by atoms with Crippen LogP contribution in [0, 0.1) is 0 Å². The zero-order chi connectivity index (χ0) is 18.8. The van der Waals surface area contributed by atoms with Crippen LogP contribution in [0.2, 0.25) is 0 Å². The van der Waals surface area contributed by atoms with E-state index in [4.69, 9.17) is 0 Å². The van der Waals surface area contributed by atoms with Crippen molar-refractivity contribution < 1.29 is 9.90 Å². The number of benzene rings is 2. The monoisotopic (exact) mass is 373 g/mol. The SMILES string of the molecule is O=C([O-])c1ccc(-n2c(/C=C/c3ccsc3)nc3ccccc3c2=O)cc1. The fourth-order valence-corrected chi connectivity index (χ4v) is 3.43. The van der Waals surface area contributed by atoms with Crippen LogP contribution in [0.3, 0.4) is 0 Å². The van der Waals surface area contributed by atoms with Gasteiger partial charge in [0.1, 0.15) is 5.82 Å². The fraction of sp³-hybridized carbons (Fsp3) is 0. The first-order chi connectivity index (χ1) is 13.1. The molecule has 2 heterocycles. The number of para-hydroxylation sites is 1. The molecule has 0 bridgehead atoms. The number of carbonyl (C=O) groups is 1. The van der Waals surface area contributed by atoms with Crippen LogP contribution >= 0.6 is 11.3 Å². The molecule has 0 saturated heterocycles. The average Bonchev–Trinajstić information content (AvgIpc) is 3.20. The molecule has 0 aliphatic carbocycles. The molecule has 2 aromatic carbocycles. The van der Waals surface area contributed by atoms with E-state index in [0.29, 0.717) is 22.4 Å². The van der Waals surface area contributed by atoms with E-state index >= 15 is 0 Å². The van der Waals surface area contributed by atoms with Gasteiger partial charge in [0.2, 0.25) is 0 Å². The van der Waals surface area contributed by atoms with Crippen LogP contribution in [-0.4, -0.2) is 15.5 Å². The minimum absolute atomic E-state index is 0.0518. The van der Waals surface area contributed by atoms with E-state index in [1.54, 1.807) is 47.7 Å². The predicted octanol–water partition coefficient (Wildman–Crippen LogP) is 2.98. The summed E-state index contributed by atoms with van der Waals surface area (Å²) in [6, 6.07) is 15.1. The van der Waals surface area contributed by atoms with Crippen LogP contribution in [0.4, 0.5) is 0 Å². The summed E-state index contributed by atoms with van der Waals surface area (Å²) in [5, 5.41) is 15.4. The smallest absolute Gasteiger partial charge is 0.266 e. The minimum Gasteiger partial charge on any atom is -0.545 e. The predicted molar refractivity (Wildman–Crippen MR) is 105 cm³/mol. The Morgan fingerprint density at radius 2 is 1.81 bits per heavy atom. The molecule has 0 N–H and O–H groups in total. The van der Waals surface area contributed by atoms with Crippen molar-refractivity contribution >= 4 is 40.4 Å². The van der Waals surface area contributed by atoms with Crippen LogP contribution in [0.15, 0.2) is 70.2 Å². The number of carboxylic acids is 1. The Kier molecular flexibility index (Phi) is 4.40. The van der Waals surface area contributed by atoms with E-state index in [-0.39, 0.29) is 11.1 Å². The zero-order valence-electron chi connectivity index (χ0n) is 14.0. The molecule has 4 aromatic rings. The highest BCUT2D eigenvalue weighted by molar-refractivity contribution is 7.08. The summed E-state index contributed by atoms with van der Waals surface area (Å²) in [5.74, 6) is -0.797. The van der Waals surface area contributed by atoms with Crippen molar-refractivity contribution in [3.63, 3.8) is 0 Å². The van der Waals surface area contributed by atoms with Crippen molar-refractivity contribution in [2.45, 2.75) is 0 Å². The Bertz CT molecular complexity index is 1210. The second kappa shape index (κ2) is 7.01. The summed E-state index contributed by atoms with van der Waals surface area (Å²) < 4.78 is 1.48. The molecule has 0 unspecified atom stereocenters. The van der Waals surface area contributed by atoms with Crippen LogP contribution < -0.4 is 10.7 Å². The Morgan fingerprint density at radius 1 is 1.04 bits per heavy atom. The molecule has 0 spiro atoms. The highest BCUT2D eigenvalue weighted by Gasteiger charge is 2.11. The number of rotatable bonds is 4. The fourth-order valence-electron chi connectivity index (χ4n) is 2.80. The standard InChI is InChI=1S/C21H14N2O3S/c24-20-17-3-1-2-4-18(17)22-19(10-5-14-11-12-27-13-14)23(20)16-8-6-15(7-9-16)21(25)26/h1-13H,(H,25,26)/p-1/b10-5+. The van der Waals surface area contributed by atoms with Crippen LogP contribution in [-0.2, 0) is 0 Å². The van der Waals surface area contributed by atoms with E-state index < -0.39 is 5.97 Å². The lowest BCUT2D eigenvalue weighted by molar-refractivity contribution is -0.255. The number of thiophene rings is 1. The molecule has 0 aliphatic rings. The number of fused-ring (bicyclic) bond motifs is 1. The number of nitrogens with zero attached hydrogens (tertiary/aromatic N) is 2. The summed E-state index contributed by atoms with van der Waals surface area (Å²) in [4.78, 5) is 28.7. The maximum atomic E-state index is 13.1. The van der Waals surface area contributed by atoms with Gasteiger partial charge in [-0.2, -0.15) is 11.3 Å². The molecule has 27 heavy (non-hydrogen) atoms. The van der Waals surface area contributed by atoms with Crippen molar-refractivity contribution in [2.75, 3.05) is 0 Å². The number of hydrogen-bond donors (Lipinski definition) is 0. The molecule has 132 valence electrons. The average molecular weight is 373 g/mol. The first-order valence-corrected chi connectivity index (χ1v) is 9.11. The molecule has 0 atom stereocenters. The number of aromatic nitrogens is 2. The van der Waals surface area contributed by atoms with Crippen molar-refractivity contribution in [1.82, 2.24) is 9.55 Å². The summed E-state index contributed by atoms with van der Waals surface area (Å²) in [7, 11) is 0. The number of aromatic carboxylic acids is 1. The Morgan fingerprint density at radius 3 is 2.52 bits per heavy atom. The second-order valence-electron chi connectivity index (χ2n) is 5.85. The molecule has 4 rings (SSSR count). The van der Waals surface area contributed by atoms with Gasteiger partial charge < -0.3 is 9.90 Å². The van der Waals surface area contributed by atoms with Gasteiger partial charge in [-0.25, -0.2) is 4.98 Å². The Balaban J connectivity index is 1.93. The first kappa shape index (κ1) is 16.9. The molecule has 0 amide bonds. The molecule has 5 nitrogen and oxygen atoms in total. The van der Waals surface area contributed by atoms with Gasteiger partial charge in [-0.1, -0.05) is 30.3 Å². The van der Waals surface area contributed by atoms with Crippen molar-refractivity contribution in [3.05, 3.63) is 92.7 Å². The molecular weight excluding hydrogens is 360 g/mol. The van der Waals surface area contributed by atoms with E-state index in [1.165, 1.54) is 16.7 Å². The molecule has 0 aliphatic heterocycles. The molecule has 6 heteroatoms. The first-order valence-electron chi connectivity index (χ1n) is 8.17. The summed E-state index contributed by atoms with van der Waals surface area (Å²) in [6.07, 6.45) is 3.67. The lowest BCUT2D eigenvalue weighted by Gasteiger charge is -2.12. The van der Waals surface area contributed by atoms with Gasteiger partial charge in [-0.15, -0.1) is 0 Å². The second-order valence-corrected chi connectivity index (χ2v) is 6.63. The van der Waals surface area contributed by atoms with Gasteiger partial charge in [0.15, 0.2) is 0 Å². The highest BCUT2D eigenvalue weighted by Crippen LogP contribution is 2.16. The van der Waals surface area contributed by atoms with E-state index in [1.807, 2.05) is 29.0 Å². The molecule has 0 fully saturated rings. The Hall–Kier alpha value is -3.51. The topological polar surface area (TPSA) is 75.0 Å². The lowest BCUT2D eigenvalue weighted by atomic mass is 10.2. The van der Waals surface area contributed by atoms with Gasteiger partial charge in [0, 0.05) is 0 Å². The van der Waals surface area contributed by atoms with Crippen LogP contribution in [0.5, 0.6) is 0 Å². The van der Waals surface area contributed by atoms with E-state index in [2.05, 4.69) is 4.98 Å². The maximum Gasteiger partial charge on any atom is 0.266 e. The van der Waals surface area contributed by atoms with Crippen molar-refractivity contribution in [1.29, 1.82) is 0 Å².